The number of halogens is 2. The smallest absolute Gasteiger partial charge is 0.142 e. The Kier molecular flexibility index (Phi) is 6.43. The molecule has 0 aliphatic carbocycles. The number of aliphatic hydroxyl groups excluding tert-OH is 1. The van der Waals surface area contributed by atoms with E-state index >= 15 is 0 Å². The van der Waals surface area contributed by atoms with E-state index in [9.17, 15) is 4.39 Å². The topological polar surface area (TPSA) is 44.3 Å². The molecule has 0 amide bonds. The highest BCUT2D eigenvalue weighted by Crippen LogP contribution is 2.21. The van der Waals surface area contributed by atoms with Crippen molar-refractivity contribution in [3.8, 4) is 0 Å². The number of rotatable bonds is 6. The van der Waals surface area contributed by atoms with E-state index in [-0.39, 0.29) is 17.9 Å². The Balaban J connectivity index is 2.60. The van der Waals surface area contributed by atoms with Crippen molar-refractivity contribution in [2.24, 2.45) is 0 Å². The van der Waals surface area contributed by atoms with E-state index in [1.165, 1.54) is 0 Å². The van der Waals surface area contributed by atoms with Gasteiger partial charge in [-0.1, -0.05) is 6.07 Å². The molecule has 0 spiro atoms. The van der Waals surface area contributed by atoms with Crippen LogP contribution in [-0.2, 0) is 6.54 Å². The Labute approximate surface area is 114 Å². The van der Waals surface area contributed by atoms with Gasteiger partial charge in [0.2, 0.25) is 0 Å². The fourth-order valence-electron chi connectivity index (χ4n) is 1.38. The fourth-order valence-corrected chi connectivity index (χ4v) is 1.97. The van der Waals surface area contributed by atoms with E-state index < -0.39 is 0 Å². The summed E-state index contributed by atoms with van der Waals surface area (Å²) in [5.74, 6) is -0.250. The minimum absolute atomic E-state index is 0.0447. The summed E-state index contributed by atoms with van der Waals surface area (Å²) < 4.78 is 14.3. The normalized spacial score (nSPS) is 12.8. The average Bonchev–Trinajstić information content (AvgIpc) is 2.31. The second kappa shape index (κ2) is 7.33. The molecule has 0 aliphatic heterocycles. The molecule has 0 fully saturated rings. The van der Waals surface area contributed by atoms with Crippen LogP contribution in [0.2, 0.25) is 0 Å². The van der Waals surface area contributed by atoms with E-state index in [0.717, 1.165) is 5.56 Å². The zero-order chi connectivity index (χ0) is 12.8. The van der Waals surface area contributed by atoms with E-state index in [4.69, 9.17) is 5.11 Å². The fraction of sp³-hybridized carbons (Fsp3) is 0.455. The number of aliphatic hydroxyl groups is 1. The molecule has 1 aromatic rings. The van der Waals surface area contributed by atoms with Gasteiger partial charge in [-0.25, -0.2) is 4.39 Å². The van der Waals surface area contributed by atoms with Gasteiger partial charge in [0.1, 0.15) is 11.3 Å². The molecule has 0 aliphatic rings. The number of aryl methyl sites for hydroxylation is 1. The Bertz CT molecular complexity index is 379. The molecule has 1 rings (SSSR count). The maximum Gasteiger partial charge on any atom is 0.142 e. The van der Waals surface area contributed by atoms with Gasteiger partial charge in [-0.15, -0.1) is 12.6 Å². The molecule has 96 valence electrons. The van der Waals surface area contributed by atoms with Gasteiger partial charge in [0.15, 0.2) is 0 Å². The lowest BCUT2D eigenvalue weighted by molar-refractivity contribution is 0.288. The molecule has 0 saturated heterocycles. The van der Waals surface area contributed by atoms with Crippen molar-refractivity contribution in [1.82, 2.24) is 10.6 Å². The predicted molar refractivity (Wildman–Crippen MR) is 73.5 cm³/mol. The van der Waals surface area contributed by atoms with E-state index in [0.29, 0.717) is 23.1 Å². The van der Waals surface area contributed by atoms with Crippen molar-refractivity contribution in [1.29, 1.82) is 0 Å². The van der Waals surface area contributed by atoms with Gasteiger partial charge in [0.05, 0.1) is 11.1 Å². The SMILES string of the molecule is Cc1ccc(Br)c(F)c1CNC(S)NCCO. The number of hydrogen-bond acceptors (Lipinski definition) is 4. The largest absolute Gasteiger partial charge is 0.395 e. The first-order valence-corrected chi connectivity index (χ1v) is 6.56. The Morgan fingerprint density at radius 2 is 2.18 bits per heavy atom. The second-order valence-corrected chi connectivity index (χ2v) is 4.99. The zero-order valence-corrected chi connectivity index (χ0v) is 12.0. The van der Waals surface area contributed by atoms with Crippen molar-refractivity contribution < 1.29 is 9.50 Å². The molecule has 0 bridgehead atoms. The molecule has 1 unspecified atom stereocenters. The lowest BCUT2D eigenvalue weighted by Gasteiger charge is -2.16. The van der Waals surface area contributed by atoms with Crippen LogP contribution in [0.3, 0.4) is 0 Å². The third-order valence-electron chi connectivity index (χ3n) is 2.35. The molecule has 0 radical (unpaired) electrons. The van der Waals surface area contributed by atoms with Crippen molar-refractivity contribution in [3.05, 3.63) is 33.5 Å². The summed E-state index contributed by atoms with van der Waals surface area (Å²) in [4.78, 5) is 0. The van der Waals surface area contributed by atoms with Gasteiger partial charge in [0.25, 0.3) is 0 Å². The van der Waals surface area contributed by atoms with E-state index in [1.54, 1.807) is 6.07 Å². The summed E-state index contributed by atoms with van der Waals surface area (Å²) in [6, 6.07) is 3.55. The molecule has 1 atom stereocenters. The summed E-state index contributed by atoms with van der Waals surface area (Å²) in [5.41, 5.74) is 1.23. The zero-order valence-electron chi connectivity index (χ0n) is 9.50. The van der Waals surface area contributed by atoms with Crippen LogP contribution in [0, 0.1) is 12.7 Å². The number of nitrogens with one attached hydrogen (secondary N) is 2. The summed E-state index contributed by atoms with van der Waals surface area (Å²) in [7, 11) is 0. The molecule has 0 saturated carbocycles. The minimum Gasteiger partial charge on any atom is -0.395 e. The molecule has 0 aromatic heterocycles. The van der Waals surface area contributed by atoms with Crippen LogP contribution >= 0.6 is 28.6 Å². The first kappa shape index (κ1) is 14.9. The molecule has 1 aromatic carbocycles. The van der Waals surface area contributed by atoms with Crippen LogP contribution in [0.4, 0.5) is 4.39 Å². The van der Waals surface area contributed by atoms with Crippen LogP contribution < -0.4 is 10.6 Å². The number of thiol groups is 1. The van der Waals surface area contributed by atoms with Gasteiger partial charge >= 0.3 is 0 Å². The van der Waals surface area contributed by atoms with Crippen molar-refractivity contribution in [2.75, 3.05) is 13.2 Å². The first-order valence-electron chi connectivity index (χ1n) is 5.25. The van der Waals surface area contributed by atoms with Crippen LogP contribution in [0.15, 0.2) is 16.6 Å². The Hall–Kier alpha value is -0.140. The summed E-state index contributed by atoms with van der Waals surface area (Å²) in [5, 5.41) is 14.6. The molecule has 6 heteroatoms. The minimum atomic E-state index is -0.278. The van der Waals surface area contributed by atoms with E-state index in [1.807, 2.05) is 13.0 Å². The van der Waals surface area contributed by atoms with Gasteiger partial charge in [-0.05, 0) is 34.5 Å². The molecular formula is C11H16BrFN2OS. The number of hydrogen-bond donors (Lipinski definition) is 4. The van der Waals surface area contributed by atoms with Gasteiger partial charge in [0, 0.05) is 18.7 Å². The van der Waals surface area contributed by atoms with Gasteiger partial charge in [-0.2, -0.15) is 0 Å². The monoisotopic (exact) mass is 322 g/mol. The summed E-state index contributed by atoms with van der Waals surface area (Å²) in [6.07, 6.45) is 0. The average molecular weight is 323 g/mol. The maximum atomic E-state index is 13.8. The summed E-state index contributed by atoms with van der Waals surface area (Å²) in [6.45, 7) is 2.73. The van der Waals surface area contributed by atoms with Crippen molar-refractivity contribution >= 4 is 28.6 Å². The quantitative estimate of drug-likeness (QED) is 0.477. The third-order valence-corrected chi connectivity index (χ3v) is 3.33. The lowest BCUT2D eigenvalue weighted by atomic mass is 10.1. The van der Waals surface area contributed by atoms with Crippen molar-refractivity contribution in [3.63, 3.8) is 0 Å². The van der Waals surface area contributed by atoms with E-state index in [2.05, 4.69) is 39.2 Å². The highest BCUT2D eigenvalue weighted by molar-refractivity contribution is 9.10. The highest BCUT2D eigenvalue weighted by Gasteiger charge is 2.10. The predicted octanol–water partition coefficient (Wildman–Crippen LogP) is 1.78. The maximum absolute atomic E-state index is 13.8. The molecule has 3 N–H and O–H groups in total. The standard InChI is InChI=1S/C11H16BrFN2OS/c1-7-2-3-9(12)10(13)8(7)6-15-11(17)14-4-5-16/h2-3,11,14-17H,4-6H2,1H3. The third kappa shape index (κ3) is 4.56. The number of benzene rings is 1. The Morgan fingerprint density at radius 3 is 2.82 bits per heavy atom. The van der Waals surface area contributed by atoms with Crippen LogP contribution in [0.25, 0.3) is 0 Å². The van der Waals surface area contributed by atoms with Gasteiger partial charge in [-0.3, -0.25) is 10.6 Å². The molecule has 17 heavy (non-hydrogen) atoms. The molecule has 0 heterocycles. The second-order valence-electron chi connectivity index (χ2n) is 3.62. The Morgan fingerprint density at radius 1 is 1.47 bits per heavy atom. The first-order chi connectivity index (χ1) is 8.06. The highest BCUT2D eigenvalue weighted by atomic mass is 79.9. The van der Waals surface area contributed by atoms with Crippen LogP contribution in [0.5, 0.6) is 0 Å². The van der Waals surface area contributed by atoms with Crippen molar-refractivity contribution in [2.45, 2.75) is 19.0 Å². The molecular weight excluding hydrogens is 307 g/mol. The summed E-state index contributed by atoms with van der Waals surface area (Å²) >= 11 is 7.38. The lowest BCUT2D eigenvalue weighted by Crippen LogP contribution is -2.39. The van der Waals surface area contributed by atoms with Gasteiger partial charge < -0.3 is 5.11 Å². The van der Waals surface area contributed by atoms with Crippen LogP contribution in [0.1, 0.15) is 11.1 Å². The van der Waals surface area contributed by atoms with Crippen LogP contribution in [-0.4, -0.2) is 23.8 Å². The molecule has 3 nitrogen and oxygen atoms in total.